The molecule has 10 atom stereocenters. The molecule has 1 N–H and O–H groups in total. The summed E-state index contributed by atoms with van der Waals surface area (Å²) >= 11 is 0. The molecule has 0 aromatic rings. The van der Waals surface area contributed by atoms with Crippen molar-refractivity contribution in [3.8, 4) is 0 Å². The standard InChI is InChI=1S/C27H42O8/c1-10-25(7)13-17(32-15(2)28)20-26(8)18(33-16(3)29)11-12-24(6)14-31-23(4,5)34-19(21(24)26)22(30)27(20,9)35-25/h10,17-22,30H,1,11-14H2,2-9H3/t17-,18-,19+,20-,21+,22+,24-,25+,26-,27+/m1/s1. The molecule has 2 heterocycles. The van der Waals surface area contributed by atoms with Crippen molar-refractivity contribution >= 4 is 11.9 Å². The lowest BCUT2D eigenvalue weighted by molar-refractivity contribution is -0.364. The van der Waals surface area contributed by atoms with Gasteiger partial charge in [0, 0.05) is 37.5 Å². The molecule has 35 heavy (non-hydrogen) atoms. The number of fused-ring (bicyclic) bond motifs is 2. The van der Waals surface area contributed by atoms with E-state index in [4.69, 9.17) is 23.7 Å². The minimum Gasteiger partial charge on any atom is -0.462 e. The van der Waals surface area contributed by atoms with E-state index in [0.717, 1.165) is 6.42 Å². The second kappa shape index (κ2) is 8.27. The van der Waals surface area contributed by atoms with Crippen LogP contribution in [0.4, 0.5) is 0 Å². The number of aliphatic hydroxyl groups excluding tert-OH is 1. The van der Waals surface area contributed by atoms with Crippen molar-refractivity contribution in [2.45, 2.75) is 116 Å². The van der Waals surface area contributed by atoms with E-state index in [0.29, 0.717) is 19.4 Å². The monoisotopic (exact) mass is 494 g/mol. The Morgan fingerprint density at radius 3 is 2.23 bits per heavy atom. The van der Waals surface area contributed by atoms with Crippen molar-refractivity contribution in [2.24, 2.45) is 22.7 Å². The molecule has 8 heteroatoms. The van der Waals surface area contributed by atoms with Gasteiger partial charge in [-0.15, -0.1) is 6.58 Å². The largest absolute Gasteiger partial charge is 0.462 e. The van der Waals surface area contributed by atoms with Crippen molar-refractivity contribution in [1.82, 2.24) is 0 Å². The Labute approximate surface area is 208 Å². The summed E-state index contributed by atoms with van der Waals surface area (Å²) in [7, 11) is 0. The van der Waals surface area contributed by atoms with Gasteiger partial charge in [0.25, 0.3) is 0 Å². The zero-order valence-electron chi connectivity index (χ0n) is 22.4. The summed E-state index contributed by atoms with van der Waals surface area (Å²) in [4.78, 5) is 24.6. The molecule has 8 nitrogen and oxygen atoms in total. The lowest BCUT2D eigenvalue weighted by Gasteiger charge is -2.70. The smallest absolute Gasteiger partial charge is 0.302 e. The molecular weight excluding hydrogens is 452 g/mol. The Morgan fingerprint density at radius 1 is 1.03 bits per heavy atom. The maximum atomic E-state index is 12.3. The first-order valence-corrected chi connectivity index (χ1v) is 12.7. The quantitative estimate of drug-likeness (QED) is 0.470. The molecule has 0 spiro atoms. The van der Waals surface area contributed by atoms with Crippen LogP contribution in [0.5, 0.6) is 0 Å². The van der Waals surface area contributed by atoms with Crippen LogP contribution in [0.25, 0.3) is 0 Å². The van der Waals surface area contributed by atoms with Crippen LogP contribution < -0.4 is 0 Å². The Kier molecular flexibility index (Phi) is 6.28. The number of hydrogen-bond donors (Lipinski definition) is 1. The predicted octanol–water partition coefficient (Wildman–Crippen LogP) is 3.54. The molecule has 0 aromatic heterocycles. The molecule has 2 saturated heterocycles. The molecule has 2 aliphatic heterocycles. The second-order valence-corrected chi connectivity index (χ2v) is 12.5. The fourth-order valence-corrected chi connectivity index (χ4v) is 8.12. The zero-order valence-corrected chi connectivity index (χ0v) is 22.4. The number of aliphatic hydroxyl groups is 1. The zero-order chi connectivity index (χ0) is 26.2. The van der Waals surface area contributed by atoms with Gasteiger partial charge in [-0.05, 0) is 46.0 Å². The van der Waals surface area contributed by atoms with Crippen molar-refractivity contribution in [1.29, 1.82) is 0 Å². The van der Waals surface area contributed by atoms with Gasteiger partial charge in [0.2, 0.25) is 0 Å². The molecule has 4 rings (SSSR count). The Bertz CT molecular complexity index is 902. The van der Waals surface area contributed by atoms with E-state index in [2.05, 4.69) is 20.4 Å². The summed E-state index contributed by atoms with van der Waals surface area (Å²) in [5.74, 6) is -2.43. The number of carbonyl (C=O) groups is 2. The van der Waals surface area contributed by atoms with E-state index < -0.39 is 58.7 Å². The Morgan fingerprint density at radius 2 is 1.66 bits per heavy atom. The average molecular weight is 495 g/mol. The minimum atomic E-state index is -1.19. The maximum Gasteiger partial charge on any atom is 0.302 e. The van der Waals surface area contributed by atoms with Crippen molar-refractivity contribution in [2.75, 3.05) is 6.61 Å². The van der Waals surface area contributed by atoms with Crippen LogP contribution in [0.3, 0.4) is 0 Å². The first-order valence-electron chi connectivity index (χ1n) is 12.7. The number of carbonyl (C=O) groups excluding carboxylic acids is 2. The van der Waals surface area contributed by atoms with Gasteiger partial charge in [-0.1, -0.05) is 19.9 Å². The minimum absolute atomic E-state index is 0.252. The highest BCUT2D eigenvalue weighted by Crippen LogP contribution is 2.68. The summed E-state index contributed by atoms with van der Waals surface area (Å²) in [6.45, 7) is 18.9. The fraction of sp³-hybridized carbons (Fsp3) is 0.852. The molecule has 0 unspecified atom stereocenters. The predicted molar refractivity (Wildman–Crippen MR) is 127 cm³/mol. The Balaban J connectivity index is 1.98. The highest BCUT2D eigenvalue weighted by Gasteiger charge is 2.76. The SMILES string of the molecule is C=C[C@@]1(C)C[C@@H](OC(C)=O)[C@H]2[C@](C)(O1)[C@@H](O)[C@H]1OC(C)(C)OC[C@@]3(C)CC[C@@H](OC(C)=O)[C@@]2(C)[C@@H]13. The van der Waals surface area contributed by atoms with Gasteiger partial charge in [-0.2, -0.15) is 0 Å². The average Bonchev–Trinajstić information content (AvgIpc) is 2.82. The third kappa shape index (κ3) is 4.05. The van der Waals surface area contributed by atoms with Crippen LogP contribution in [-0.2, 0) is 33.3 Å². The molecule has 2 aliphatic carbocycles. The number of ether oxygens (including phenoxy) is 5. The van der Waals surface area contributed by atoms with E-state index >= 15 is 0 Å². The number of hydrogen-bond acceptors (Lipinski definition) is 8. The van der Waals surface area contributed by atoms with Crippen molar-refractivity contribution in [3.05, 3.63) is 12.7 Å². The van der Waals surface area contributed by atoms with Gasteiger partial charge < -0.3 is 28.8 Å². The molecule has 4 fully saturated rings. The molecule has 4 aliphatic rings. The van der Waals surface area contributed by atoms with E-state index in [1.165, 1.54) is 13.8 Å². The van der Waals surface area contributed by atoms with Gasteiger partial charge >= 0.3 is 11.9 Å². The summed E-state index contributed by atoms with van der Waals surface area (Å²) in [5, 5.41) is 12.1. The van der Waals surface area contributed by atoms with Gasteiger partial charge in [0.05, 0.1) is 18.3 Å². The van der Waals surface area contributed by atoms with E-state index in [1.807, 2.05) is 27.7 Å². The summed E-state index contributed by atoms with van der Waals surface area (Å²) < 4.78 is 31.5. The van der Waals surface area contributed by atoms with Crippen LogP contribution in [0.15, 0.2) is 12.7 Å². The van der Waals surface area contributed by atoms with Crippen LogP contribution >= 0.6 is 0 Å². The maximum absolute atomic E-state index is 12.3. The highest BCUT2D eigenvalue weighted by atomic mass is 16.7. The first kappa shape index (κ1) is 26.6. The van der Waals surface area contributed by atoms with Crippen LogP contribution in [-0.4, -0.2) is 65.1 Å². The van der Waals surface area contributed by atoms with E-state index in [1.54, 1.807) is 6.08 Å². The third-order valence-corrected chi connectivity index (χ3v) is 9.27. The normalized spacial score (nSPS) is 50.7. The van der Waals surface area contributed by atoms with Crippen molar-refractivity contribution in [3.63, 3.8) is 0 Å². The summed E-state index contributed by atoms with van der Waals surface area (Å²) in [5.41, 5.74) is -3.15. The van der Waals surface area contributed by atoms with Gasteiger partial charge in [-0.25, -0.2) is 0 Å². The van der Waals surface area contributed by atoms with Crippen molar-refractivity contribution < 1.29 is 38.4 Å². The molecule has 0 aromatic carbocycles. The fourth-order valence-electron chi connectivity index (χ4n) is 8.12. The second-order valence-electron chi connectivity index (χ2n) is 12.5. The topological polar surface area (TPSA) is 101 Å². The molecular formula is C27H42O8. The molecule has 0 radical (unpaired) electrons. The number of esters is 2. The third-order valence-electron chi connectivity index (χ3n) is 9.27. The number of rotatable bonds is 3. The van der Waals surface area contributed by atoms with Crippen LogP contribution in [0.1, 0.15) is 74.7 Å². The van der Waals surface area contributed by atoms with E-state index in [9.17, 15) is 14.7 Å². The lowest BCUT2D eigenvalue weighted by atomic mass is 9.41. The van der Waals surface area contributed by atoms with Crippen LogP contribution in [0, 0.1) is 22.7 Å². The molecule has 2 saturated carbocycles. The summed E-state index contributed by atoms with van der Waals surface area (Å²) in [6, 6.07) is 0. The van der Waals surface area contributed by atoms with Gasteiger partial charge in [-0.3, -0.25) is 9.59 Å². The van der Waals surface area contributed by atoms with Crippen LogP contribution in [0.2, 0.25) is 0 Å². The highest BCUT2D eigenvalue weighted by molar-refractivity contribution is 5.67. The van der Waals surface area contributed by atoms with E-state index in [-0.39, 0.29) is 17.3 Å². The lowest BCUT2D eigenvalue weighted by Crippen LogP contribution is -2.79. The first-order chi connectivity index (χ1) is 16.0. The molecule has 198 valence electrons. The van der Waals surface area contributed by atoms with Gasteiger partial charge in [0.1, 0.15) is 23.9 Å². The molecule has 0 bridgehead atoms. The molecule has 0 amide bonds. The Hall–Kier alpha value is -1.48. The summed E-state index contributed by atoms with van der Waals surface area (Å²) in [6.07, 6.45) is 0.648. The van der Waals surface area contributed by atoms with Gasteiger partial charge in [0.15, 0.2) is 5.79 Å².